The van der Waals surface area contributed by atoms with Gasteiger partial charge in [-0.25, -0.2) is 4.79 Å². The number of fused-ring (bicyclic) bond motifs is 4. The molecule has 0 aromatic heterocycles. The van der Waals surface area contributed by atoms with Crippen molar-refractivity contribution in [2.24, 2.45) is 57.7 Å². The smallest absolute Gasteiger partial charge is 0.338 e. The van der Waals surface area contributed by atoms with Crippen LogP contribution in [0.15, 0.2) is 24.3 Å². The molecule has 0 N–H and O–H groups in total. The van der Waals surface area contributed by atoms with Crippen LogP contribution in [0.4, 0.5) is 5.69 Å². The number of hydrogen-bond donors (Lipinski definition) is 0. The number of non-ortho nitro benzene ring substituents is 1. The Morgan fingerprint density at radius 2 is 1.76 bits per heavy atom. The van der Waals surface area contributed by atoms with Crippen molar-refractivity contribution in [3.8, 4) is 0 Å². The second kappa shape index (κ2) is 10.3. The van der Waals surface area contributed by atoms with Crippen LogP contribution in [-0.2, 0) is 9.47 Å². The Hall–Kier alpha value is -1.95. The summed E-state index contributed by atoms with van der Waals surface area (Å²) in [5.74, 6) is 4.14. The van der Waals surface area contributed by atoms with Crippen LogP contribution in [0.3, 0.4) is 0 Å². The van der Waals surface area contributed by atoms with Gasteiger partial charge in [-0.2, -0.15) is 0 Å². The quantitative estimate of drug-likeness (QED) is 0.170. The summed E-state index contributed by atoms with van der Waals surface area (Å²) in [6.45, 7) is 12.0. The fraction of sp³-hybridized carbons (Fsp3) is 0.800. The number of nitro groups is 1. The zero-order valence-electron chi connectivity index (χ0n) is 26.1. The van der Waals surface area contributed by atoms with E-state index in [4.69, 9.17) is 9.47 Å². The number of ether oxygens (including phenoxy) is 2. The number of nitrogens with zero attached hydrogens (tertiary/aromatic N) is 1. The molecule has 11 atom stereocenters. The number of hydrogen-bond acceptors (Lipinski definition) is 5. The van der Waals surface area contributed by atoms with Crippen molar-refractivity contribution in [1.29, 1.82) is 0 Å². The van der Waals surface area contributed by atoms with E-state index < -0.39 is 4.92 Å². The Kier molecular flexibility index (Phi) is 7.35. The van der Waals surface area contributed by atoms with Crippen molar-refractivity contribution >= 4 is 11.7 Å². The summed E-state index contributed by atoms with van der Waals surface area (Å²) in [6, 6.07) is 5.82. The summed E-state index contributed by atoms with van der Waals surface area (Å²) in [6.07, 6.45) is 12.7. The van der Waals surface area contributed by atoms with Crippen molar-refractivity contribution in [2.45, 2.75) is 111 Å². The molecule has 5 saturated carbocycles. The SMILES string of the molecule is CO[C@@H]1CC2C3CCC([C@H](C)[C@@H](CCC(C)C)OC(=O)c4ccc([N+](=O)[O-])cc4)[C@@]3(C)CCC2[C@@]2(C)CC[C@@H]3C[C@]312. The molecule has 5 aliphatic rings. The van der Waals surface area contributed by atoms with Gasteiger partial charge in [0.15, 0.2) is 0 Å². The van der Waals surface area contributed by atoms with Gasteiger partial charge in [0, 0.05) is 24.7 Å². The second-order valence-corrected chi connectivity index (χ2v) is 15.5. The van der Waals surface area contributed by atoms with E-state index >= 15 is 0 Å². The lowest BCUT2D eigenvalue weighted by molar-refractivity contribution is -0.384. The third kappa shape index (κ3) is 4.40. The molecule has 0 aliphatic heterocycles. The molecule has 0 heterocycles. The molecule has 1 aromatic rings. The van der Waals surface area contributed by atoms with E-state index in [0.717, 1.165) is 36.5 Å². The van der Waals surface area contributed by atoms with Gasteiger partial charge in [-0.05, 0) is 129 Å². The summed E-state index contributed by atoms with van der Waals surface area (Å²) >= 11 is 0. The molecule has 6 nitrogen and oxygen atoms in total. The summed E-state index contributed by atoms with van der Waals surface area (Å²) in [7, 11) is 1.97. The Labute approximate surface area is 246 Å². The highest BCUT2D eigenvalue weighted by molar-refractivity contribution is 5.89. The maximum Gasteiger partial charge on any atom is 0.338 e. The first kappa shape index (κ1) is 29.1. The predicted octanol–water partition coefficient (Wildman–Crippen LogP) is 8.48. The van der Waals surface area contributed by atoms with Crippen LogP contribution in [0.2, 0.25) is 0 Å². The van der Waals surface area contributed by atoms with Gasteiger partial charge >= 0.3 is 5.97 Å². The van der Waals surface area contributed by atoms with Crippen LogP contribution in [0.25, 0.3) is 0 Å². The fourth-order valence-electron chi connectivity index (χ4n) is 11.6. The number of carbonyl (C=O) groups is 1. The predicted molar refractivity (Wildman–Crippen MR) is 159 cm³/mol. The Bertz CT molecular complexity index is 1170. The number of esters is 1. The average molecular weight is 566 g/mol. The van der Waals surface area contributed by atoms with Crippen LogP contribution in [0.5, 0.6) is 0 Å². The molecule has 4 unspecified atom stereocenters. The Balaban J connectivity index is 1.21. The lowest BCUT2D eigenvalue weighted by atomic mass is 9.45. The monoisotopic (exact) mass is 565 g/mol. The topological polar surface area (TPSA) is 78.7 Å². The van der Waals surface area contributed by atoms with Crippen molar-refractivity contribution in [3.05, 3.63) is 39.9 Å². The van der Waals surface area contributed by atoms with Gasteiger partial charge in [-0.3, -0.25) is 10.1 Å². The number of rotatable bonds is 9. The molecule has 5 aliphatic carbocycles. The third-order valence-corrected chi connectivity index (χ3v) is 13.7. The van der Waals surface area contributed by atoms with Gasteiger partial charge in [0.1, 0.15) is 6.10 Å². The summed E-state index contributed by atoms with van der Waals surface area (Å²) in [5.41, 5.74) is 1.53. The molecule has 1 aromatic carbocycles. The highest BCUT2D eigenvalue weighted by Gasteiger charge is 2.77. The molecule has 0 radical (unpaired) electrons. The van der Waals surface area contributed by atoms with E-state index in [-0.39, 0.29) is 29.1 Å². The summed E-state index contributed by atoms with van der Waals surface area (Å²) in [4.78, 5) is 23.9. The van der Waals surface area contributed by atoms with Crippen LogP contribution >= 0.6 is 0 Å². The van der Waals surface area contributed by atoms with Crippen molar-refractivity contribution in [3.63, 3.8) is 0 Å². The van der Waals surface area contributed by atoms with E-state index in [9.17, 15) is 14.9 Å². The lowest BCUT2D eigenvalue weighted by Crippen LogP contribution is -2.57. The van der Waals surface area contributed by atoms with E-state index in [1.54, 1.807) is 0 Å². The minimum atomic E-state index is -0.439. The highest BCUT2D eigenvalue weighted by atomic mass is 16.6. The van der Waals surface area contributed by atoms with Crippen LogP contribution < -0.4 is 0 Å². The van der Waals surface area contributed by atoms with Crippen LogP contribution in [-0.4, -0.2) is 30.2 Å². The van der Waals surface area contributed by atoms with E-state index in [1.807, 2.05) is 7.11 Å². The maximum absolute atomic E-state index is 13.3. The summed E-state index contributed by atoms with van der Waals surface area (Å²) in [5, 5.41) is 11.1. The van der Waals surface area contributed by atoms with Crippen molar-refractivity contribution in [2.75, 3.05) is 7.11 Å². The van der Waals surface area contributed by atoms with Crippen molar-refractivity contribution in [1.82, 2.24) is 0 Å². The van der Waals surface area contributed by atoms with Gasteiger partial charge in [0.2, 0.25) is 0 Å². The molecule has 41 heavy (non-hydrogen) atoms. The Morgan fingerprint density at radius 3 is 2.39 bits per heavy atom. The van der Waals surface area contributed by atoms with E-state index in [2.05, 4.69) is 34.6 Å². The molecule has 6 rings (SSSR count). The second-order valence-electron chi connectivity index (χ2n) is 15.5. The highest BCUT2D eigenvalue weighted by Crippen LogP contribution is 2.82. The minimum Gasteiger partial charge on any atom is -0.458 e. The average Bonchev–Trinajstić information content (AvgIpc) is 3.46. The van der Waals surface area contributed by atoms with Gasteiger partial charge in [-0.15, -0.1) is 0 Å². The molecule has 226 valence electrons. The molecular weight excluding hydrogens is 514 g/mol. The van der Waals surface area contributed by atoms with Crippen LogP contribution in [0.1, 0.15) is 109 Å². The largest absolute Gasteiger partial charge is 0.458 e. The molecule has 0 amide bonds. The normalized spacial score (nSPS) is 42.0. The third-order valence-electron chi connectivity index (χ3n) is 13.7. The van der Waals surface area contributed by atoms with Gasteiger partial charge < -0.3 is 9.47 Å². The number of carbonyl (C=O) groups excluding carboxylic acids is 1. The minimum absolute atomic E-state index is 0.0141. The summed E-state index contributed by atoms with van der Waals surface area (Å²) < 4.78 is 12.6. The lowest BCUT2D eigenvalue weighted by Gasteiger charge is -2.61. The van der Waals surface area contributed by atoms with Gasteiger partial charge in [-0.1, -0.05) is 34.6 Å². The van der Waals surface area contributed by atoms with Crippen molar-refractivity contribution < 1.29 is 19.2 Å². The molecule has 1 spiro atoms. The molecule has 0 saturated heterocycles. The number of nitro benzene ring substituents is 1. The van der Waals surface area contributed by atoms with Gasteiger partial charge in [0.25, 0.3) is 5.69 Å². The maximum atomic E-state index is 13.3. The number of benzene rings is 1. The zero-order valence-corrected chi connectivity index (χ0v) is 26.1. The van der Waals surface area contributed by atoms with E-state index in [0.29, 0.717) is 34.3 Å². The van der Waals surface area contributed by atoms with Gasteiger partial charge in [0.05, 0.1) is 16.6 Å². The zero-order chi connectivity index (χ0) is 29.3. The standard InChI is InChI=1S/C35H51NO5/c1-21(2)7-14-30(41-32(37)23-8-10-25(11-9-23)36(38)39)22(3)27-12-13-28-26-19-31(40-6)35-20-24(35)15-18-34(35,5)29(26)16-17-33(27,28)4/h8-11,21-22,24,26-31H,7,12-20H2,1-6H3/t22-,24+,26?,27?,28?,29?,30+,31+,33+,34+,35-/m0/s1. The van der Waals surface area contributed by atoms with Crippen LogP contribution in [0, 0.1) is 67.8 Å². The first-order valence-corrected chi connectivity index (χ1v) is 16.4. The molecule has 0 bridgehead atoms. The molecular formula is C35H51NO5. The molecule has 6 heteroatoms. The number of methoxy groups -OCH3 is 1. The fourth-order valence-corrected chi connectivity index (χ4v) is 11.6. The first-order chi connectivity index (χ1) is 19.5. The first-order valence-electron chi connectivity index (χ1n) is 16.4. The Morgan fingerprint density at radius 1 is 1.02 bits per heavy atom. The molecule has 5 fully saturated rings. The van der Waals surface area contributed by atoms with E-state index in [1.165, 1.54) is 75.6 Å².